The summed E-state index contributed by atoms with van der Waals surface area (Å²) in [7, 11) is -4.09. The monoisotopic (exact) mass is 412 g/mol. The second-order valence-electron chi connectivity index (χ2n) is 6.33. The highest BCUT2D eigenvalue weighted by atomic mass is 32.2. The van der Waals surface area contributed by atoms with Crippen LogP contribution in [0.5, 0.6) is 0 Å². The highest BCUT2D eigenvalue weighted by Gasteiger charge is 2.21. The zero-order valence-corrected chi connectivity index (χ0v) is 16.6. The van der Waals surface area contributed by atoms with Crippen molar-refractivity contribution in [2.75, 3.05) is 6.61 Å². The molecule has 0 aliphatic rings. The summed E-state index contributed by atoms with van der Waals surface area (Å²) >= 11 is 0. The number of hydrogen-bond acceptors (Lipinski definition) is 6. The number of hydrogen-bond donors (Lipinski definition) is 1. The number of esters is 1. The van der Waals surface area contributed by atoms with Crippen LogP contribution in [0.2, 0.25) is 0 Å². The molecule has 0 bridgehead atoms. The van der Waals surface area contributed by atoms with Gasteiger partial charge in [-0.25, -0.2) is 22.9 Å². The molecule has 0 atom stereocenters. The number of carbonyl (C=O) groups is 2. The molecule has 3 rings (SSSR count). The molecular formula is C21H20N2O5S. The highest BCUT2D eigenvalue weighted by molar-refractivity contribution is 7.90. The van der Waals surface area contributed by atoms with Gasteiger partial charge in [0.1, 0.15) is 5.69 Å². The van der Waals surface area contributed by atoms with Gasteiger partial charge in [0.15, 0.2) is 0 Å². The van der Waals surface area contributed by atoms with Crippen LogP contribution in [0.25, 0.3) is 10.8 Å². The molecule has 0 radical (unpaired) electrons. The SMILES string of the molecule is CCCCOC(=O)c1ccc(C(=O)NS(=O)(=O)c2cccc3ccccc23)cn1. The van der Waals surface area contributed by atoms with Gasteiger partial charge in [-0.2, -0.15) is 0 Å². The van der Waals surface area contributed by atoms with E-state index in [0.29, 0.717) is 12.0 Å². The Morgan fingerprint density at radius 2 is 1.79 bits per heavy atom. The van der Waals surface area contributed by atoms with Crippen LogP contribution in [0.15, 0.2) is 65.7 Å². The van der Waals surface area contributed by atoms with Gasteiger partial charge in [-0.3, -0.25) is 4.79 Å². The average molecular weight is 412 g/mol. The van der Waals surface area contributed by atoms with Gasteiger partial charge in [0.25, 0.3) is 15.9 Å². The van der Waals surface area contributed by atoms with Gasteiger partial charge < -0.3 is 4.74 Å². The lowest BCUT2D eigenvalue weighted by molar-refractivity contribution is 0.0492. The Kier molecular flexibility index (Phi) is 6.23. The predicted molar refractivity (Wildman–Crippen MR) is 108 cm³/mol. The molecule has 1 aromatic heterocycles. The maximum atomic E-state index is 12.7. The first-order chi connectivity index (χ1) is 13.9. The molecule has 0 aliphatic heterocycles. The van der Waals surface area contributed by atoms with Crippen LogP contribution in [0.3, 0.4) is 0 Å². The number of ether oxygens (including phenoxy) is 1. The number of sulfonamides is 1. The molecular weight excluding hydrogens is 392 g/mol. The number of fused-ring (bicyclic) bond motifs is 1. The van der Waals surface area contributed by atoms with Crippen LogP contribution in [0, 0.1) is 0 Å². The van der Waals surface area contributed by atoms with E-state index in [1.54, 1.807) is 36.4 Å². The Labute approximate surface area is 168 Å². The first kappa shape index (κ1) is 20.5. The lowest BCUT2D eigenvalue weighted by Gasteiger charge is -2.10. The fourth-order valence-corrected chi connectivity index (χ4v) is 3.90. The maximum Gasteiger partial charge on any atom is 0.356 e. The fraction of sp³-hybridized carbons (Fsp3) is 0.190. The van der Waals surface area contributed by atoms with E-state index in [9.17, 15) is 18.0 Å². The minimum absolute atomic E-state index is 0.00744. The number of pyridine rings is 1. The summed E-state index contributed by atoms with van der Waals surface area (Å²) in [6, 6.07) is 14.5. The van der Waals surface area contributed by atoms with E-state index in [1.165, 1.54) is 18.2 Å². The number of nitrogens with zero attached hydrogens (tertiary/aromatic N) is 1. The van der Waals surface area contributed by atoms with Crippen LogP contribution in [0.4, 0.5) is 0 Å². The lowest BCUT2D eigenvalue weighted by atomic mass is 10.1. The van der Waals surface area contributed by atoms with E-state index < -0.39 is 21.9 Å². The standard InChI is InChI=1S/C21H20N2O5S/c1-2-3-13-28-21(25)18-12-11-16(14-22-18)20(24)23-29(26,27)19-10-6-8-15-7-4-5-9-17(15)19/h4-12,14H,2-3,13H2,1H3,(H,23,24). The van der Waals surface area contributed by atoms with Gasteiger partial charge >= 0.3 is 5.97 Å². The van der Waals surface area contributed by atoms with Crippen molar-refractivity contribution >= 4 is 32.7 Å². The van der Waals surface area contributed by atoms with Crippen molar-refractivity contribution in [3.63, 3.8) is 0 Å². The van der Waals surface area contributed by atoms with Gasteiger partial charge in [0.2, 0.25) is 0 Å². The fourth-order valence-electron chi connectivity index (χ4n) is 2.70. The smallest absolute Gasteiger partial charge is 0.356 e. The van der Waals surface area contributed by atoms with Crippen LogP contribution in [0.1, 0.15) is 40.6 Å². The Morgan fingerprint density at radius 3 is 2.52 bits per heavy atom. The molecule has 29 heavy (non-hydrogen) atoms. The van der Waals surface area contributed by atoms with Gasteiger partial charge in [-0.1, -0.05) is 49.7 Å². The second kappa shape index (κ2) is 8.83. The van der Waals surface area contributed by atoms with E-state index in [2.05, 4.69) is 4.98 Å². The minimum Gasteiger partial charge on any atom is -0.461 e. The Morgan fingerprint density at radius 1 is 1.03 bits per heavy atom. The average Bonchev–Trinajstić information content (AvgIpc) is 2.73. The molecule has 2 aromatic carbocycles. The van der Waals surface area contributed by atoms with Gasteiger partial charge in [-0.05, 0) is 30.0 Å². The zero-order valence-electron chi connectivity index (χ0n) is 15.8. The molecule has 0 fully saturated rings. The van der Waals surface area contributed by atoms with Crippen molar-refractivity contribution in [3.05, 3.63) is 72.1 Å². The number of rotatable bonds is 7. The molecule has 0 saturated carbocycles. The molecule has 0 spiro atoms. The van der Waals surface area contributed by atoms with E-state index in [4.69, 9.17) is 4.74 Å². The molecule has 0 saturated heterocycles. The largest absolute Gasteiger partial charge is 0.461 e. The number of benzene rings is 2. The Bertz CT molecular complexity index is 1140. The summed E-state index contributed by atoms with van der Waals surface area (Å²) < 4.78 is 32.5. The molecule has 1 N–H and O–H groups in total. The molecule has 1 amide bonds. The van der Waals surface area contributed by atoms with Crippen molar-refractivity contribution < 1.29 is 22.7 Å². The number of unbranched alkanes of at least 4 members (excludes halogenated alkanes) is 1. The van der Waals surface area contributed by atoms with Crippen molar-refractivity contribution in [1.82, 2.24) is 9.71 Å². The molecule has 150 valence electrons. The first-order valence-electron chi connectivity index (χ1n) is 9.10. The molecule has 0 unspecified atom stereocenters. The topological polar surface area (TPSA) is 102 Å². The van der Waals surface area contributed by atoms with Crippen LogP contribution >= 0.6 is 0 Å². The third-order valence-electron chi connectivity index (χ3n) is 4.23. The third kappa shape index (κ3) is 4.78. The van der Waals surface area contributed by atoms with Gasteiger partial charge in [-0.15, -0.1) is 0 Å². The van der Waals surface area contributed by atoms with Crippen molar-refractivity contribution in [2.24, 2.45) is 0 Å². The normalized spacial score (nSPS) is 11.2. The summed E-state index contributed by atoms with van der Waals surface area (Å²) in [5, 5.41) is 1.26. The number of carbonyl (C=O) groups excluding carboxylic acids is 2. The van der Waals surface area contributed by atoms with E-state index >= 15 is 0 Å². The summed E-state index contributed by atoms with van der Waals surface area (Å²) in [6.45, 7) is 2.27. The highest BCUT2D eigenvalue weighted by Crippen LogP contribution is 2.22. The van der Waals surface area contributed by atoms with Gasteiger partial charge in [0, 0.05) is 11.6 Å². The third-order valence-corrected chi connectivity index (χ3v) is 5.62. The summed E-state index contributed by atoms with van der Waals surface area (Å²) in [5.74, 6) is -1.43. The number of nitrogens with one attached hydrogen (secondary N) is 1. The zero-order chi connectivity index (χ0) is 20.9. The van der Waals surface area contributed by atoms with E-state index in [-0.39, 0.29) is 16.2 Å². The minimum atomic E-state index is -4.09. The Hall–Kier alpha value is -3.26. The molecule has 1 heterocycles. The first-order valence-corrected chi connectivity index (χ1v) is 10.6. The number of amides is 1. The molecule has 3 aromatic rings. The van der Waals surface area contributed by atoms with Crippen molar-refractivity contribution in [3.8, 4) is 0 Å². The van der Waals surface area contributed by atoms with Gasteiger partial charge in [0.05, 0.1) is 17.1 Å². The second-order valence-corrected chi connectivity index (χ2v) is 7.98. The van der Waals surface area contributed by atoms with Crippen LogP contribution < -0.4 is 4.72 Å². The van der Waals surface area contributed by atoms with Crippen LogP contribution in [-0.4, -0.2) is 31.9 Å². The van der Waals surface area contributed by atoms with Crippen molar-refractivity contribution in [1.29, 1.82) is 0 Å². The Balaban J connectivity index is 1.76. The predicted octanol–water partition coefficient (Wildman–Crippen LogP) is 3.31. The van der Waals surface area contributed by atoms with Crippen molar-refractivity contribution in [2.45, 2.75) is 24.7 Å². The quantitative estimate of drug-likeness (QED) is 0.472. The molecule has 0 aliphatic carbocycles. The lowest BCUT2D eigenvalue weighted by Crippen LogP contribution is -2.30. The van der Waals surface area contributed by atoms with Crippen LogP contribution in [-0.2, 0) is 14.8 Å². The molecule has 7 nitrogen and oxygen atoms in total. The molecule has 8 heteroatoms. The maximum absolute atomic E-state index is 12.7. The summed E-state index contributed by atoms with van der Waals surface area (Å²) in [4.78, 5) is 28.2. The number of aromatic nitrogens is 1. The summed E-state index contributed by atoms with van der Waals surface area (Å²) in [5.41, 5.74) is 0.0634. The summed E-state index contributed by atoms with van der Waals surface area (Å²) in [6.07, 6.45) is 2.79. The van der Waals surface area contributed by atoms with E-state index in [1.807, 2.05) is 11.6 Å². The van der Waals surface area contributed by atoms with E-state index in [0.717, 1.165) is 24.4 Å².